The van der Waals surface area contributed by atoms with Crippen molar-refractivity contribution in [3.05, 3.63) is 47.8 Å². The standard InChI is InChI=1S/C14H12FNO3/c15-10-1-3-12(9(5-10)7-16)19-11-2-4-13-14(6-11)18-8-17-13/h1-6H,7-8,16H2. The average Bonchev–Trinajstić information content (AvgIpc) is 2.88. The van der Waals surface area contributed by atoms with Gasteiger partial charge in [-0.1, -0.05) is 0 Å². The van der Waals surface area contributed by atoms with Crippen molar-refractivity contribution < 1.29 is 18.6 Å². The average molecular weight is 261 g/mol. The largest absolute Gasteiger partial charge is 0.457 e. The molecule has 0 fully saturated rings. The smallest absolute Gasteiger partial charge is 0.231 e. The normalized spacial score (nSPS) is 12.5. The van der Waals surface area contributed by atoms with Crippen LogP contribution in [0.4, 0.5) is 4.39 Å². The molecule has 0 aromatic heterocycles. The first kappa shape index (κ1) is 11.8. The summed E-state index contributed by atoms with van der Waals surface area (Å²) in [6.07, 6.45) is 0. The Bertz CT molecular complexity index is 616. The fourth-order valence-corrected chi connectivity index (χ4v) is 1.87. The molecular weight excluding hydrogens is 249 g/mol. The molecule has 1 aliphatic heterocycles. The second-order valence-corrected chi connectivity index (χ2v) is 4.07. The fourth-order valence-electron chi connectivity index (χ4n) is 1.87. The van der Waals surface area contributed by atoms with E-state index in [0.717, 1.165) is 0 Å². The van der Waals surface area contributed by atoms with Gasteiger partial charge in [0.05, 0.1) is 0 Å². The van der Waals surface area contributed by atoms with Gasteiger partial charge < -0.3 is 19.9 Å². The van der Waals surface area contributed by atoms with Gasteiger partial charge in [0.1, 0.15) is 17.3 Å². The molecule has 0 aliphatic carbocycles. The molecule has 0 bridgehead atoms. The van der Waals surface area contributed by atoms with Gasteiger partial charge in [0, 0.05) is 18.2 Å². The summed E-state index contributed by atoms with van der Waals surface area (Å²) in [6.45, 7) is 0.418. The van der Waals surface area contributed by atoms with E-state index in [0.29, 0.717) is 28.6 Å². The number of rotatable bonds is 3. The summed E-state index contributed by atoms with van der Waals surface area (Å²) in [7, 11) is 0. The Labute approximate surface area is 109 Å². The Hall–Kier alpha value is -2.27. The minimum absolute atomic E-state index is 0.206. The van der Waals surface area contributed by atoms with E-state index in [1.165, 1.54) is 12.1 Å². The van der Waals surface area contributed by atoms with Gasteiger partial charge in [-0.3, -0.25) is 0 Å². The van der Waals surface area contributed by atoms with Crippen molar-refractivity contribution in [2.45, 2.75) is 6.54 Å². The van der Waals surface area contributed by atoms with Crippen molar-refractivity contribution in [1.29, 1.82) is 0 Å². The fraction of sp³-hybridized carbons (Fsp3) is 0.143. The quantitative estimate of drug-likeness (QED) is 0.923. The summed E-state index contributed by atoms with van der Waals surface area (Å²) in [4.78, 5) is 0. The summed E-state index contributed by atoms with van der Waals surface area (Å²) in [6, 6.07) is 9.51. The zero-order valence-corrected chi connectivity index (χ0v) is 10.1. The van der Waals surface area contributed by atoms with E-state index in [-0.39, 0.29) is 19.2 Å². The topological polar surface area (TPSA) is 53.7 Å². The second kappa shape index (κ2) is 4.78. The maximum absolute atomic E-state index is 13.1. The van der Waals surface area contributed by atoms with E-state index < -0.39 is 0 Å². The van der Waals surface area contributed by atoms with E-state index in [4.69, 9.17) is 19.9 Å². The molecule has 1 heterocycles. The second-order valence-electron chi connectivity index (χ2n) is 4.07. The van der Waals surface area contributed by atoms with Crippen LogP contribution in [0.1, 0.15) is 5.56 Å². The van der Waals surface area contributed by atoms with E-state index in [9.17, 15) is 4.39 Å². The van der Waals surface area contributed by atoms with E-state index >= 15 is 0 Å². The molecule has 0 spiro atoms. The molecule has 19 heavy (non-hydrogen) atoms. The van der Waals surface area contributed by atoms with Crippen molar-refractivity contribution in [1.82, 2.24) is 0 Å². The Morgan fingerprint density at radius 1 is 1.11 bits per heavy atom. The number of hydrogen-bond acceptors (Lipinski definition) is 4. The first-order valence-corrected chi connectivity index (χ1v) is 5.82. The predicted octanol–water partition coefficient (Wildman–Crippen LogP) is 2.81. The lowest BCUT2D eigenvalue weighted by molar-refractivity contribution is 0.174. The molecule has 4 nitrogen and oxygen atoms in total. The molecule has 0 unspecified atom stereocenters. The Morgan fingerprint density at radius 2 is 1.95 bits per heavy atom. The number of fused-ring (bicyclic) bond motifs is 1. The van der Waals surface area contributed by atoms with E-state index in [2.05, 4.69) is 0 Å². The molecule has 1 aliphatic rings. The highest BCUT2D eigenvalue weighted by molar-refractivity contribution is 5.48. The van der Waals surface area contributed by atoms with Crippen LogP contribution in [-0.2, 0) is 6.54 Å². The molecule has 0 radical (unpaired) electrons. The van der Waals surface area contributed by atoms with Crippen LogP contribution in [-0.4, -0.2) is 6.79 Å². The molecule has 2 aromatic rings. The Morgan fingerprint density at radius 3 is 2.79 bits per heavy atom. The summed E-state index contributed by atoms with van der Waals surface area (Å²) < 4.78 is 29.3. The van der Waals surface area contributed by atoms with E-state index in [1.807, 2.05) is 0 Å². The highest BCUT2D eigenvalue weighted by Crippen LogP contribution is 2.37. The molecule has 0 amide bonds. The third kappa shape index (κ3) is 2.32. The Balaban J connectivity index is 1.89. The van der Waals surface area contributed by atoms with Crippen LogP contribution in [0.15, 0.2) is 36.4 Å². The van der Waals surface area contributed by atoms with Crippen molar-refractivity contribution in [2.24, 2.45) is 5.73 Å². The highest BCUT2D eigenvalue weighted by atomic mass is 19.1. The first-order valence-electron chi connectivity index (χ1n) is 5.82. The van der Waals surface area contributed by atoms with Gasteiger partial charge in [0.25, 0.3) is 0 Å². The van der Waals surface area contributed by atoms with Gasteiger partial charge in [-0.15, -0.1) is 0 Å². The number of hydrogen-bond donors (Lipinski definition) is 1. The lowest BCUT2D eigenvalue weighted by atomic mass is 10.2. The zero-order valence-electron chi connectivity index (χ0n) is 10.1. The van der Waals surface area contributed by atoms with Crippen LogP contribution in [0.3, 0.4) is 0 Å². The maximum Gasteiger partial charge on any atom is 0.231 e. The number of benzene rings is 2. The van der Waals surface area contributed by atoms with Crippen molar-refractivity contribution >= 4 is 0 Å². The lowest BCUT2D eigenvalue weighted by Gasteiger charge is -2.10. The monoisotopic (exact) mass is 261 g/mol. The minimum Gasteiger partial charge on any atom is -0.457 e. The van der Waals surface area contributed by atoms with Crippen molar-refractivity contribution in [3.8, 4) is 23.0 Å². The van der Waals surface area contributed by atoms with Gasteiger partial charge in [-0.25, -0.2) is 4.39 Å². The third-order valence-corrected chi connectivity index (χ3v) is 2.81. The summed E-state index contributed by atoms with van der Waals surface area (Å²) >= 11 is 0. The summed E-state index contributed by atoms with van der Waals surface area (Å²) in [5.41, 5.74) is 6.18. The lowest BCUT2D eigenvalue weighted by Crippen LogP contribution is -2.00. The van der Waals surface area contributed by atoms with Crippen LogP contribution in [0, 0.1) is 5.82 Å². The number of halogens is 1. The van der Waals surface area contributed by atoms with Crippen LogP contribution in [0.25, 0.3) is 0 Å². The summed E-state index contributed by atoms with van der Waals surface area (Å²) in [5, 5.41) is 0. The minimum atomic E-state index is -0.335. The third-order valence-electron chi connectivity index (χ3n) is 2.81. The molecule has 2 aromatic carbocycles. The van der Waals surface area contributed by atoms with Gasteiger partial charge in [-0.2, -0.15) is 0 Å². The predicted molar refractivity (Wildman–Crippen MR) is 66.9 cm³/mol. The van der Waals surface area contributed by atoms with Gasteiger partial charge in [-0.05, 0) is 30.3 Å². The molecule has 0 saturated heterocycles. The van der Waals surface area contributed by atoms with Crippen LogP contribution >= 0.6 is 0 Å². The molecule has 2 N–H and O–H groups in total. The molecule has 0 atom stereocenters. The SMILES string of the molecule is NCc1cc(F)ccc1Oc1ccc2c(c1)OCO2. The molecule has 3 rings (SSSR count). The number of nitrogens with two attached hydrogens (primary N) is 1. The van der Waals surface area contributed by atoms with Crippen molar-refractivity contribution in [2.75, 3.05) is 6.79 Å². The van der Waals surface area contributed by atoms with Crippen molar-refractivity contribution in [3.63, 3.8) is 0 Å². The van der Waals surface area contributed by atoms with Crippen LogP contribution in [0.2, 0.25) is 0 Å². The highest BCUT2D eigenvalue weighted by Gasteiger charge is 2.14. The van der Waals surface area contributed by atoms with Gasteiger partial charge in [0.15, 0.2) is 11.5 Å². The van der Waals surface area contributed by atoms with Gasteiger partial charge >= 0.3 is 0 Å². The van der Waals surface area contributed by atoms with Crippen LogP contribution in [0.5, 0.6) is 23.0 Å². The Kier molecular flexibility index (Phi) is 2.97. The molecule has 98 valence electrons. The maximum atomic E-state index is 13.1. The van der Waals surface area contributed by atoms with Crippen LogP contribution < -0.4 is 19.9 Å². The number of ether oxygens (including phenoxy) is 3. The van der Waals surface area contributed by atoms with Gasteiger partial charge in [0.2, 0.25) is 6.79 Å². The molecule has 5 heteroatoms. The first-order chi connectivity index (χ1) is 9.26. The summed E-state index contributed by atoms with van der Waals surface area (Å²) in [5.74, 6) is 2.10. The molecular formula is C14H12FNO3. The van der Waals surface area contributed by atoms with E-state index in [1.54, 1.807) is 24.3 Å². The molecule has 0 saturated carbocycles. The zero-order chi connectivity index (χ0) is 13.2.